The van der Waals surface area contributed by atoms with Crippen molar-refractivity contribution in [3.63, 3.8) is 0 Å². The standard InChI is InChI=1S/C28H29N3O2/c1-18-16-31(17-19(2)33-18)22-12-10-21(11-13-22)26-15-30-27-24(23-9-6-14-29-20(23)3)7-5-8-25(27)28(26)32-4/h5-15,18-19H,16-17H2,1-4H3. The highest BCUT2D eigenvalue weighted by Crippen LogP contribution is 2.39. The molecular weight excluding hydrogens is 410 g/mol. The zero-order valence-electron chi connectivity index (χ0n) is 19.6. The molecule has 0 aliphatic carbocycles. The monoisotopic (exact) mass is 439 g/mol. The molecule has 5 rings (SSSR count). The van der Waals surface area contributed by atoms with Crippen molar-refractivity contribution in [3.05, 3.63) is 72.7 Å². The molecule has 2 atom stereocenters. The van der Waals surface area contributed by atoms with E-state index in [2.05, 4.69) is 72.3 Å². The topological polar surface area (TPSA) is 47.5 Å². The first-order valence-corrected chi connectivity index (χ1v) is 11.4. The molecule has 0 radical (unpaired) electrons. The number of ether oxygens (including phenoxy) is 2. The van der Waals surface area contributed by atoms with Crippen molar-refractivity contribution < 1.29 is 9.47 Å². The number of hydrogen-bond donors (Lipinski definition) is 0. The Morgan fingerprint density at radius 2 is 1.61 bits per heavy atom. The van der Waals surface area contributed by atoms with Gasteiger partial charge in [0, 0.05) is 58.9 Å². The van der Waals surface area contributed by atoms with Gasteiger partial charge in [0.2, 0.25) is 0 Å². The van der Waals surface area contributed by atoms with Crippen LogP contribution in [0.4, 0.5) is 5.69 Å². The molecule has 1 fully saturated rings. The van der Waals surface area contributed by atoms with E-state index in [9.17, 15) is 0 Å². The summed E-state index contributed by atoms with van der Waals surface area (Å²) < 4.78 is 11.8. The molecule has 0 bridgehead atoms. The Labute approximate surface area is 195 Å². The summed E-state index contributed by atoms with van der Waals surface area (Å²) in [4.78, 5) is 11.7. The molecule has 0 amide bonds. The third-order valence-corrected chi connectivity index (χ3v) is 6.31. The molecule has 5 nitrogen and oxygen atoms in total. The van der Waals surface area contributed by atoms with Crippen molar-refractivity contribution in [2.45, 2.75) is 33.0 Å². The van der Waals surface area contributed by atoms with Gasteiger partial charge in [-0.3, -0.25) is 9.97 Å². The van der Waals surface area contributed by atoms with E-state index < -0.39 is 0 Å². The van der Waals surface area contributed by atoms with Crippen LogP contribution in [0.1, 0.15) is 19.5 Å². The van der Waals surface area contributed by atoms with Crippen molar-refractivity contribution in [1.29, 1.82) is 0 Å². The number of para-hydroxylation sites is 1. The Kier molecular flexibility index (Phi) is 5.73. The molecule has 33 heavy (non-hydrogen) atoms. The number of anilines is 1. The Morgan fingerprint density at radius 3 is 2.30 bits per heavy atom. The summed E-state index contributed by atoms with van der Waals surface area (Å²) in [7, 11) is 1.73. The van der Waals surface area contributed by atoms with E-state index in [1.165, 1.54) is 5.69 Å². The zero-order valence-corrected chi connectivity index (χ0v) is 19.6. The molecule has 1 aliphatic heterocycles. The second-order valence-corrected chi connectivity index (χ2v) is 8.75. The number of pyridine rings is 2. The minimum absolute atomic E-state index is 0.232. The lowest BCUT2D eigenvalue weighted by atomic mass is 9.98. The van der Waals surface area contributed by atoms with Gasteiger partial charge in [-0.15, -0.1) is 0 Å². The summed E-state index contributed by atoms with van der Waals surface area (Å²) in [6.45, 7) is 8.09. The van der Waals surface area contributed by atoms with Gasteiger partial charge >= 0.3 is 0 Å². The largest absolute Gasteiger partial charge is 0.495 e. The molecule has 1 aliphatic rings. The van der Waals surface area contributed by atoms with Gasteiger partial charge in [-0.05, 0) is 50.6 Å². The molecule has 5 heteroatoms. The van der Waals surface area contributed by atoms with Gasteiger partial charge < -0.3 is 14.4 Å². The van der Waals surface area contributed by atoms with Crippen LogP contribution >= 0.6 is 0 Å². The van der Waals surface area contributed by atoms with Crippen molar-refractivity contribution >= 4 is 16.6 Å². The Bertz CT molecular complexity index is 1280. The summed E-state index contributed by atoms with van der Waals surface area (Å²) >= 11 is 0. The average Bonchev–Trinajstić information content (AvgIpc) is 2.83. The highest BCUT2D eigenvalue weighted by Gasteiger charge is 2.22. The first kappa shape index (κ1) is 21.4. The molecule has 1 saturated heterocycles. The summed E-state index contributed by atoms with van der Waals surface area (Å²) in [5, 5.41) is 0.996. The fourth-order valence-corrected chi connectivity index (χ4v) is 4.85. The van der Waals surface area contributed by atoms with Gasteiger partial charge in [0.1, 0.15) is 5.75 Å². The smallest absolute Gasteiger partial charge is 0.137 e. The van der Waals surface area contributed by atoms with Crippen molar-refractivity contribution in [2.75, 3.05) is 25.1 Å². The van der Waals surface area contributed by atoms with E-state index in [4.69, 9.17) is 14.5 Å². The van der Waals surface area contributed by atoms with Crippen LogP contribution < -0.4 is 9.64 Å². The molecule has 0 N–H and O–H groups in total. The maximum absolute atomic E-state index is 5.93. The van der Waals surface area contributed by atoms with Gasteiger partial charge in [0.15, 0.2) is 0 Å². The second kappa shape index (κ2) is 8.83. The third-order valence-electron chi connectivity index (χ3n) is 6.31. The molecular formula is C28H29N3O2. The van der Waals surface area contributed by atoms with Gasteiger partial charge in [0.05, 0.1) is 24.8 Å². The fraction of sp³-hybridized carbons (Fsp3) is 0.286. The molecule has 3 heterocycles. The highest BCUT2D eigenvalue weighted by molar-refractivity contribution is 6.00. The molecule has 0 saturated carbocycles. The summed E-state index contributed by atoms with van der Waals surface area (Å²) in [5.41, 5.74) is 7.34. The van der Waals surface area contributed by atoms with E-state index >= 15 is 0 Å². The predicted molar refractivity (Wildman–Crippen MR) is 134 cm³/mol. The number of morpholine rings is 1. The maximum atomic E-state index is 5.93. The van der Waals surface area contributed by atoms with E-state index in [0.29, 0.717) is 0 Å². The first-order chi connectivity index (χ1) is 16.0. The van der Waals surface area contributed by atoms with Crippen LogP contribution in [0.5, 0.6) is 5.75 Å². The van der Waals surface area contributed by atoms with Crippen molar-refractivity contribution in [1.82, 2.24) is 9.97 Å². The lowest BCUT2D eigenvalue weighted by molar-refractivity contribution is -0.00521. The zero-order chi connectivity index (χ0) is 22.9. The van der Waals surface area contributed by atoms with Crippen LogP contribution in [0.2, 0.25) is 0 Å². The third kappa shape index (κ3) is 4.05. The van der Waals surface area contributed by atoms with Crippen LogP contribution in [0.15, 0.2) is 67.0 Å². The van der Waals surface area contributed by atoms with E-state index in [0.717, 1.165) is 57.7 Å². The van der Waals surface area contributed by atoms with Gasteiger partial charge in [-0.25, -0.2) is 0 Å². The Hall–Kier alpha value is -3.44. The number of aryl methyl sites for hydroxylation is 1. The molecule has 4 aromatic rings. The van der Waals surface area contributed by atoms with Crippen LogP contribution in [-0.2, 0) is 4.74 Å². The molecule has 2 unspecified atom stereocenters. The molecule has 2 aromatic heterocycles. The second-order valence-electron chi connectivity index (χ2n) is 8.75. The van der Waals surface area contributed by atoms with Crippen LogP contribution in [0.25, 0.3) is 33.2 Å². The SMILES string of the molecule is COc1c(-c2ccc(N3CC(C)OC(C)C3)cc2)cnc2c(-c3cccnc3C)cccc12. The lowest BCUT2D eigenvalue weighted by Gasteiger charge is -2.36. The number of nitrogens with zero attached hydrogens (tertiary/aromatic N) is 3. The summed E-state index contributed by atoms with van der Waals surface area (Å²) in [6, 6.07) is 18.9. The quantitative estimate of drug-likeness (QED) is 0.397. The van der Waals surface area contributed by atoms with Gasteiger partial charge in [-0.2, -0.15) is 0 Å². The molecule has 168 valence electrons. The summed E-state index contributed by atoms with van der Waals surface area (Å²) in [5.74, 6) is 0.838. The predicted octanol–water partition coefficient (Wildman–Crippen LogP) is 5.89. The average molecular weight is 440 g/mol. The van der Waals surface area contributed by atoms with Crippen LogP contribution in [0.3, 0.4) is 0 Å². The minimum Gasteiger partial charge on any atom is -0.495 e. The number of fused-ring (bicyclic) bond motifs is 1. The molecule has 0 spiro atoms. The van der Waals surface area contributed by atoms with Gasteiger partial charge in [0.25, 0.3) is 0 Å². The number of rotatable bonds is 4. The Morgan fingerprint density at radius 1 is 0.879 bits per heavy atom. The van der Waals surface area contributed by atoms with E-state index in [1.54, 1.807) is 7.11 Å². The normalized spacial score (nSPS) is 18.5. The number of methoxy groups -OCH3 is 1. The van der Waals surface area contributed by atoms with Crippen LogP contribution in [0, 0.1) is 6.92 Å². The lowest BCUT2D eigenvalue weighted by Crippen LogP contribution is -2.45. The van der Waals surface area contributed by atoms with E-state index in [1.807, 2.05) is 25.4 Å². The maximum Gasteiger partial charge on any atom is 0.137 e. The minimum atomic E-state index is 0.232. The number of hydrogen-bond acceptors (Lipinski definition) is 5. The first-order valence-electron chi connectivity index (χ1n) is 11.4. The van der Waals surface area contributed by atoms with Gasteiger partial charge in [-0.1, -0.05) is 30.3 Å². The van der Waals surface area contributed by atoms with Crippen molar-refractivity contribution in [2.24, 2.45) is 0 Å². The number of aromatic nitrogens is 2. The number of benzene rings is 2. The highest BCUT2D eigenvalue weighted by atomic mass is 16.5. The fourth-order valence-electron chi connectivity index (χ4n) is 4.85. The molecule has 2 aromatic carbocycles. The van der Waals surface area contributed by atoms with Crippen LogP contribution in [-0.4, -0.2) is 42.4 Å². The van der Waals surface area contributed by atoms with E-state index in [-0.39, 0.29) is 12.2 Å². The summed E-state index contributed by atoms with van der Waals surface area (Å²) in [6.07, 6.45) is 4.20. The Balaban J connectivity index is 1.55. The van der Waals surface area contributed by atoms with Crippen molar-refractivity contribution in [3.8, 4) is 28.0 Å².